The Balaban J connectivity index is 0.000000500. The van der Waals surface area contributed by atoms with Gasteiger partial charge < -0.3 is 0 Å². The summed E-state index contributed by atoms with van der Waals surface area (Å²) in [5.41, 5.74) is 4.96. The van der Waals surface area contributed by atoms with E-state index in [-0.39, 0.29) is 5.34 Å². The molecule has 0 aromatic rings. The molecule has 3 heteroatoms. The van der Waals surface area contributed by atoms with Crippen molar-refractivity contribution in [2.75, 3.05) is 5.34 Å². The molecule has 0 radical (unpaired) electrons. The van der Waals surface area contributed by atoms with Gasteiger partial charge in [0.15, 0.2) is 0 Å². The molecule has 1 aliphatic carbocycles. The molecule has 0 spiro atoms. The Morgan fingerprint density at radius 1 is 1.07 bits per heavy atom. The van der Waals surface area contributed by atoms with Crippen molar-refractivity contribution < 1.29 is 24.7 Å². The summed E-state index contributed by atoms with van der Waals surface area (Å²) in [4.78, 5) is 0. The van der Waals surface area contributed by atoms with Crippen LogP contribution in [0.1, 0.15) is 34.6 Å². The van der Waals surface area contributed by atoms with E-state index in [1.165, 1.54) is 11.1 Å². The fraction of sp³-hybridized carbons (Fsp3) is 0.636. The fourth-order valence-corrected chi connectivity index (χ4v) is 2.52. The van der Waals surface area contributed by atoms with Crippen molar-refractivity contribution in [3.63, 3.8) is 0 Å². The first-order chi connectivity index (χ1) is 6.30. The maximum absolute atomic E-state index is 4.76. The third-order valence-electron chi connectivity index (χ3n) is 3.06. The smallest absolute Gasteiger partial charge is 0.0967 e. The number of allylic oxidation sites excluding steroid dienone is 4. The fourth-order valence-electron chi connectivity index (χ4n) is 1.59. The summed E-state index contributed by atoms with van der Waals surface area (Å²) in [5.74, 6) is 0. The zero-order chi connectivity index (χ0) is 11.5. The van der Waals surface area contributed by atoms with Crippen LogP contribution in [0.2, 0.25) is 0 Å². The maximum atomic E-state index is 4.76. The molecule has 0 aromatic heterocycles. The van der Waals surface area contributed by atoms with Crippen LogP contribution >= 0.6 is 23.2 Å². The number of rotatable bonds is 0. The van der Waals surface area contributed by atoms with Crippen LogP contribution < -0.4 is 0 Å². The predicted octanol–water partition coefficient (Wildman–Crippen LogP) is 4.60. The molecule has 0 atom stereocenters. The van der Waals surface area contributed by atoms with Gasteiger partial charge in [-0.05, 0) is 0 Å². The molecule has 0 saturated carbocycles. The predicted molar refractivity (Wildman–Crippen MR) is 61.4 cm³/mol. The third-order valence-corrected chi connectivity index (χ3v) is 5.52. The Bertz CT molecular complexity index is 249. The van der Waals surface area contributed by atoms with Gasteiger partial charge in [-0.25, -0.2) is 0 Å². The summed E-state index contributed by atoms with van der Waals surface area (Å²) < 4.78 is 1.62. The van der Waals surface area contributed by atoms with Gasteiger partial charge in [0.05, 0.1) is 5.34 Å². The molecular formula is C11H17Cl2Zr. The van der Waals surface area contributed by atoms with E-state index in [0.29, 0.717) is 5.41 Å². The van der Waals surface area contributed by atoms with Crippen LogP contribution in [0.25, 0.3) is 0 Å². The van der Waals surface area contributed by atoms with Gasteiger partial charge in [-0.3, -0.25) is 0 Å². The van der Waals surface area contributed by atoms with E-state index in [1.54, 1.807) is 33.6 Å². The Morgan fingerprint density at radius 3 is 1.50 bits per heavy atom. The van der Waals surface area contributed by atoms with Gasteiger partial charge in [0.25, 0.3) is 0 Å². The molecule has 14 heavy (non-hydrogen) atoms. The molecule has 0 aromatic carbocycles. The Labute approximate surface area is 113 Å². The Hall–Kier alpha value is 0.943. The van der Waals surface area contributed by atoms with Gasteiger partial charge in [-0.1, -0.05) is 0 Å². The zero-order valence-electron chi connectivity index (χ0n) is 9.46. The molecule has 79 valence electrons. The number of hydrogen-bond acceptors (Lipinski definition) is 0. The van der Waals surface area contributed by atoms with Gasteiger partial charge >= 0.3 is 84.8 Å². The largest absolute Gasteiger partial charge is 0.109 e. The molecule has 0 amide bonds. The van der Waals surface area contributed by atoms with E-state index in [1.807, 2.05) is 0 Å². The average Bonchev–Trinajstić information content (AvgIpc) is 2.23. The average molecular weight is 311 g/mol. The second kappa shape index (κ2) is 5.87. The molecule has 0 heterocycles. The summed E-state index contributed by atoms with van der Waals surface area (Å²) >= 11 is 11.1. The van der Waals surface area contributed by atoms with Crippen LogP contribution in [0.3, 0.4) is 0 Å². The van der Waals surface area contributed by atoms with E-state index < -0.39 is 0 Å². The van der Waals surface area contributed by atoms with Crippen molar-refractivity contribution >= 4 is 23.2 Å². The molecule has 1 rings (SSSR count). The molecule has 0 bridgehead atoms. The van der Waals surface area contributed by atoms with Gasteiger partial charge in [-0.15, -0.1) is 23.2 Å². The summed E-state index contributed by atoms with van der Waals surface area (Å²) in [6, 6.07) is 0. The summed E-state index contributed by atoms with van der Waals surface area (Å²) in [7, 11) is 0. The minimum atomic E-state index is 0.194. The Kier molecular flexibility index (Phi) is 6.27. The van der Waals surface area contributed by atoms with Crippen molar-refractivity contribution in [3.8, 4) is 0 Å². The van der Waals surface area contributed by atoms with Crippen LogP contribution in [0, 0.1) is 5.41 Å². The van der Waals surface area contributed by atoms with E-state index in [9.17, 15) is 0 Å². The van der Waals surface area contributed by atoms with E-state index in [2.05, 4.69) is 34.6 Å². The molecular weight excluding hydrogens is 294 g/mol. The SMILES string of the molecule is CC1=C(C)C(C)(C)[C]([Zr])=C1C.ClCCl. The minimum absolute atomic E-state index is 0.194. The van der Waals surface area contributed by atoms with Crippen LogP contribution in [-0.4, -0.2) is 5.34 Å². The molecule has 0 saturated heterocycles. The van der Waals surface area contributed by atoms with Crippen LogP contribution in [0.4, 0.5) is 0 Å². The summed E-state index contributed by atoms with van der Waals surface area (Å²) in [6.07, 6.45) is 0. The normalized spacial score (nSPS) is 19.6. The standard InChI is InChI=1S/C10H15.CH2Cl2.Zr/c1-7-6-10(4,5)9(3)8(7)2;2-1-3;/h1-5H3;1H2;. The van der Waals surface area contributed by atoms with Crippen LogP contribution in [0.15, 0.2) is 20.0 Å². The van der Waals surface area contributed by atoms with Crippen molar-refractivity contribution in [1.29, 1.82) is 0 Å². The van der Waals surface area contributed by atoms with Gasteiger partial charge in [-0.2, -0.15) is 0 Å². The first kappa shape index (κ1) is 14.9. The van der Waals surface area contributed by atoms with Gasteiger partial charge in [0, 0.05) is 0 Å². The van der Waals surface area contributed by atoms with Crippen molar-refractivity contribution in [2.24, 2.45) is 5.41 Å². The van der Waals surface area contributed by atoms with E-state index in [0.717, 1.165) is 0 Å². The molecule has 0 fully saturated rings. The van der Waals surface area contributed by atoms with E-state index in [4.69, 9.17) is 23.2 Å². The van der Waals surface area contributed by atoms with Crippen molar-refractivity contribution in [1.82, 2.24) is 0 Å². The zero-order valence-corrected chi connectivity index (χ0v) is 13.4. The summed E-state index contributed by atoms with van der Waals surface area (Å²) in [5, 5.41) is 0.194. The van der Waals surface area contributed by atoms with Crippen LogP contribution in [0.5, 0.6) is 0 Å². The molecule has 1 aliphatic rings. The monoisotopic (exact) mass is 309 g/mol. The van der Waals surface area contributed by atoms with Crippen molar-refractivity contribution in [3.05, 3.63) is 20.0 Å². The maximum Gasteiger partial charge on any atom is 0.0967 e. The van der Waals surface area contributed by atoms with E-state index >= 15 is 0 Å². The topological polar surface area (TPSA) is 0 Å². The quantitative estimate of drug-likeness (QED) is 0.573. The number of halogens is 2. The molecule has 0 aliphatic heterocycles. The second-order valence-corrected chi connectivity index (χ2v) is 6.01. The summed E-state index contributed by atoms with van der Waals surface area (Å²) in [6.45, 7) is 11.4. The molecule has 0 unspecified atom stereocenters. The van der Waals surface area contributed by atoms with Gasteiger partial charge in [0.2, 0.25) is 0 Å². The van der Waals surface area contributed by atoms with Gasteiger partial charge in [0.1, 0.15) is 0 Å². The van der Waals surface area contributed by atoms with Crippen molar-refractivity contribution in [2.45, 2.75) is 34.6 Å². The third kappa shape index (κ3) is 2.97. The first-order valence-corrected chi connectivity index (χ1v) is 6.83. The minimum Gasteiger partial charge on any atom is -0.109 e. The molecule has 0 N–H and O–H groups in total. The Morgan fingerprint density at radius 2 is 1.43 bits per heavy atom. The first-order valence-electron chi connectivity index (χ1n) is 4.53. The number of hydrogen-bond donors (Lipinski definition) is 0. The van der Waals surface area contributed by atoms with Crippen LogP contribution in [-0.2, 0) is 24.7 Å². The number of alkyl halides is 2. The molecule has 0 nitrogen and oxygen atoms in total. The second-order valence-electron chi connectivity index (χ2n) is 3.98.